The van der Waals surface area contributed by atoms with Gasteiger partial charge in [-0.25, -0.2) is 4.79 Å². The Balaban J connectivity index is 1.55. The number of anilines is 1. The molecule has 0 unspecified atom stereocenters. The summed E-state index contributed by atoms with van der Waals surface area (Å²) in [6.07, 6.45) is 2.95. The van der Waals surface area contributed by atoms with Crippen molar-refractivity contribution >= 4 is 11.7 Å². The van der Waals surface area contributed by atoms with Crippen molar-refractivity contribution < 1.29 is 18.8 Å². The maximum absolute atomic E-state index is 12.9. The molecule has 7 heteroatoms. The van der Waals surface area contributed by atoms with Gasteiger partial charge in [-0.1, -0.05) is 5.16 Å². The van der Waals surface area contributed by atoms with E-state index in [0.717, 1.165) is 42.0 Å². The van der Waals surface area contributed by atoms with Crippen LogP contribution in [0.15, 0.2) is 22.7 Å². The second-order valence-corrected chi connectivity index (χ2v) is 6.52. The number of aryl methyl sites for hydroxylation is 2. The molecule has 2 aromatic rings. The lowest BCUT2D eigenvalue weighted by molar-refractivity contribution is 0.159. The number of hydrogen-bond donors (Lipinski definition) is 1. The van der Waals surface area contributed by atoms with Crippen molar-refractivity contribution in [3.63, 3.8) is 0 Å². The topological polar surface area (TPSA) is 76.8 Å². The average molecular weight is 343 g/mol. The molecule has 132 valence electrons. The zero-order valence-corrected chi connectivity index (χ0v) is 14.4. The summed E-state index contributed by atoms with van der Waals surface area (Å²) >= 11 is 0. The Hall–Kier alpha value is -2.70. The van der Waals surface area contributed by atoms with Gasteiger partial charge >= 0.3 is 6.03 Å². The largest absolute Gasteiger partial charge is 0.454 e. The van der Waals surface area contributed by atoms with E-state index in [1.807, 2.05) is 36.9 Å². The Morgan fingerprint density at radius 2 is 2.00 bits per heavy atom. The highest BCUT2D eigenvalue weighted by molar-refractivity contribution is 5.91. The minimum atomic E-state index is -0.132. The average Bonchev–Trinajstić information content (AvgIpc) is 3.23. The molecule has 4 rings (SSSR count). The quantitative estimate of drug-likeness (QED) is 0.898. The highest BCUT2D eigenvalue weighted by Gasteiger charge is 2.30. The molecule has 3 heterocycles. The first-order valence-electron chi connectivity index (χ1n) is 8.53. The van der Waals surface area contributed by atoms with Crippen LogP contribution in [-0.4, -0.2) is 29.4 Å². The number of carbonyl (C=O) groups is 1. The first-order valence-corrected chi connectivity index (χ1v) is 8.53. The number of benzene rings is 1. The summed E-state index contributed by atoms with van der Waals surface area (Å²) < 4.78 is 16.0. The van der Waals surface area contributed by atoms with Gasteiger partial charge in [0.1, 0.15) is 11.5 Å². The molecular weight excluding hydrogens is 322 g/mol. The van der Waals surface area contributed by atoms with Crippen LogP contribution in [0, 0.1) is 13.8 Å². The number of hydrogen-bond acceptors (Lipinski definition) is 5. The van der Waals surface area contributed by atoms with Gasteiger partial charge in [0.2, 0.25) is 6.79 Å². The number of fused-ring (bicyclic) bond motifs is 1. The SMILES string of the molecule is Cc1cc([C@H]2CCCCN2C(=O)Nc2cc3c(cc2C)OCO3)no1. The number of nitrogens with zero attached hydrogens (tertiary/aromatic N) is 2. The van der Waals surface area contributed by atoms with Crippen LogP contribution in [0.5, 0.6) is 11.5 Å². The number of aromatic nitrogens is 1. The van der Waals surface area contributed by atoms with Crippen molar-refractivity contribution in [3.8, 4) is 11.5 Å². The van der Waals surface area contributed by atoms with Crippen LogP contribution in [0.2, 0.25) is 0 Å². The van der Waals surface area contributed by atoms with Gasteiger partial charge in [-0.3, -0.25) is 0 Å². The van der Waals surface area contributed by atoms with Crippen LogP contribution in [-0.2, 0) is 0 Å². The lowest BCUT2D eigenvalue weighted by Crippen LogP contribution is -2.41. The van der Waals surface area contributed by atoms with Crippen molar-refractivity contribution in [2.24, 2.45) is 0 Å². The van der Waals surface area contributed by atoms with Gasteiger partial charge < -0.3 is 24.2 Å². The number of urea groups is 1. The van der Waals surface area contributed by atoms with Crippen molar-refractivity contribution in [1.82, 2.24) is 10.1 Å². The second kappa shape index (κ2) is 6.31. The van der Waals surface area contributed by atoms with E-state index in [1.54, 1.807) is 0 Å². The third-order valence-corrected chi connectivity index (χ3v) is 4.71. The Morgan fingerprint density at radius 1 is 1.20 bits per heavy atom. The Kier molecular flexibility index (Phi) is 3.99. The molecule has 1 fully saturated rings. The number of nitrogens with one attached hydrogen (secondary N) is 1. The molecular formula is C18H21N3O4. The molecule has 0 bridgehead atoms. The standard InChI is InChI=1S/C18H21N3O4/c1-11-7-16-17(24-10-23-16)9-13(11)19-18(22)21-6-4-3-5-15(21)14-8-12(2)25-20-14/h7-9,15H,3-6,10H2,1-2H3,(H,19,22)/t15-/m1/s1. The van der Waals surface area contributed by atoms with E-state index in [4.69, 9.17) is 14.0 Å². The third kappa shape index (κ3) is 3.01. The summed E-state index contributed by atoms with van der Waals surface area (Å²) in [5.74, 6) is 2.13. The lowest BCUT2D eigenvalue weighted by Gasteiger charge is -2.34. The van der Waals surface area contributed by atoms with E-state index in [2.05, 4.69) is 10.5 Å². The number of amides is 2. The summed E-state index contributed by atoms with van der Waals surface area (Å²) in [4.78, 5) is 14.7. The van der Waals surface area contributed by atoms with Gasteiger partial charge in [-0.2, -0.15) is 0 Å². The Morgan fingerprint density at radius 3 is 2.76 bits per heavy atom. The lowest BCUT2D eigenvalue weighted by atomic mass is 9.99. The van der Waals surface area contributed by atoms with Crippen molar-refractivity contribution in [3.05, 3.63) is 35.2 Å². The molecule has 1 atom stereocenters. The molecule has 0 aliphatic carbocycles. The molecule has 7 nitrogen and oxygen atoms in total. The summed E-state index contributed by atoms with van der Waals surface area (Å²) in [6.45, 7) is 4.71. The van der Waals surface area contributed by atoms with Gasteiger partial charge in [-0.15, -0.1) is 0 Å². The molecule has 2 aliphatic rings. The smallest absolute Gasteiger partial charge is 0.322 e. The fraction of sp³-hybridized carbons (Fsp3) is 0.444. The fourth-order valence-corrected chi connectivity index (χ4v) is 3.39. The van der Waals surface area contributed by atoms with Gasteiger partial charge in [0.15, 0.2) is 11.5 Å². The molecule has 1 aromatic heterocycles. The van der Waals surface area contributed by atoms with Crippen LogP contribution in [0.3, 0.4) is 0 Å². The summed E-state index contributed by atoms with van der Waals surface area (Å²) in [5, 5.41) is 7.12. The van der Waals surface area contributed by atoms with Crippen LogP contribution in [0.25, 0.3) is 0 Å². The van der Waals surface area contributed by atoms with Crippen molar-refractivity contribution in [2.45, 2.75) is 39.2 Å². The Bertz CT molecular complexity index is 802. The van der Waals surface area contributed by atoms with Crippen LogP contribution < -0.4 is 14.8 Å². The predicted octanol–water partition coefficient (Wildman–Crippen LogP) is 3.78. The van der Waals surface area contributed by atoms with Gasteiger partial charge in [-0.05, 0) is 44.7 Å². The third-order valence-electron chi connectivity index (χ3n) is 4.71. The van der Waals surface area contributed by atoms with E-state index >= 15 is 0 Å². The molecule has 2 aliphatic heterocycles. The highest BCUT2D eigenvalue weighted by Crippen LogP contribution is 2.37. The Labute approximate surface area is 145 Å². The maximum Gasteiger partial charge on any atom is 0.322 e. The first-order chi connectivity index (χ1) is 12.1. The molecule has 1 aromatic carbocycles. The molecule has 0 saturated carbocycles. The molecule has 1 N–H and O–H groups in total. The van der Waals surface area contributed by atoms with E-state index in [1.165, 1.54) is 0 Å². The van der Waals surface area contributed by atoms with E-state index in [9.17, 15) is 4.79 Å². The molecule has 0 radical (unpaired) electrons. The van der Waals surface area contributed by atoms with Gasteiger partial charge in [0.05, 0.1) is 6.04 Å². The minimum Gasteiger partial charge on any atom is -0.454 e. The molecule has 2 amide bonds. The number of carbonyl (C=O) groups excluding carboxylic acids is 1. The molecule has 25 heavy (non-hydrogen) atoms. The number of ether oxygens (including phenoxy) is 2. The van der Waals surface area contributed by atoms with E-state index < -0.39 is 0 Å². The van der Waals surface area contributed by atoms with Crippen LogP contribution in [0.4, 0.5) is 10.5 Å². The summed E-state index contributed by atoms with van der Waals surface area (Å²) in [6, 6.07) is 5.41. The first kappa shape index (κ1) is 15.8. The zero-order valence-electron chi connectivity index (χ0n) is 14.4. The second-order valence-electron chi connectivity index (χ2n) is 6.52. The highest BCUT2D eigenvalue weighted by atomic mass is 16.7. The summed E-state index contributed by atoms with van der Waals surface area (Å²) in [7, 11) is 0. The fourth-order valence-electron chi connectivity index (χ4n) is 3.39. The van der Waals surface area contributed by atoms with Crippen LogP contribution in [0.1, 0.15) is 42.3 Å². The van der Waals surface area contributed by atoms with E-state index in [0.29, 0.717) is 18.0 Å². The molecule has 1 saturated heterocycles. The number of rotatable bonds is 2. The van der Waals surface area contributed by atoms with E-state index in [-0.39, 0.29) is 18.9 Å². The monoisotopic (exact) mass is 343 g/mol. The molecule has 0 spiro atoms. The maximum atomic E-state index is 12.9. The van der Waals surface area contributed by atoms with Crippen molar-refractivity contribution in [2.75, 3.05) is 18.7 Å². The number of likely N-dealkylation sites (tertiary alicyclic amines) is 1. The normalized spacial score (nSPS) is 19.1. The predicted molar refractivity (Wildman–Crippen MR) is 90.9 cm³/mol. The van der Waals surface area contributed by atoms with Gasteiger partial charge in [0.25, 0.3) is 0 Å². The van der Waals surface area contributed by atoms with Crippen LogP contribution >= 0.6 is 0 Å². The van der Waals surface area contributed by atoms with Gasteiger partial charge in [0, 0.05) is 24.4 Å². The summed E-state index contributed by atoms with van der Waals surface area (Å²) in [5.41, 5.74) is 2.48. The number of piperidine rings is 1. The van der Waals surface area contributed by atoms with Crippen molar-refractivity contribution in [1.29, 1.82) is 0 Å². The minimum absolute atomic E-state index is 0.0551. The zero-order chi connectivity index (χ0) is 17.4.